The Morgan fingerprint density at radius 1 is 1.19 bits per heavy atom. The van der Waals surface area contributed by atoms with Gasteiger partial charge in [-0.3, -0.25) is 4.79 Å². The molecule has 0 atom stereocenters. The van der Waals surface area contributed by atoms with E-state index in [0.29, 0.717) is 0 Å². The first-order chi connectivity index (χ1) is 12.6. The van der Waals surface area contributed by atoms with Crippen LogP contribution in [-0.4, -0.2) is 23.5 Å². The van der Waals surface area contributed by atoms with Gasteiger partial charge in [-0.25, -0.2) is 5.43 Å². The van der Waals surface area contributed by atoms with Crippen molar-refractivity contribution in [3.8, 4) is 17.2 Å². The largest absolute Gasteiger partial charge is 0.459 e. The molecule has 0 radical (unpaired) electrons. The van der Waals surface area contributed by atoms with Crippen LogP contribution in [0.4, 0.5) is 0 Å². The van der Waals surface area contributed by atoms with Crippen LogP contribution in [0.2, 0.25) is 0 Å². The molecule has 7 heteroatoms. The van der Waals surface area contributed by atoms with Crippen LogP contribution in [0, 0.1) is 13.8 Å². The Hall–Kier alpha value is -3.48. The Kier molecular flexibility index (Phi) is 3.96. The van der Waals surface area contributed by atoms with Crippen LogP contribution in [-0.2, 0) is 0 Å². The summed E-state index contributed by atoms with van der Waals surface area (Å²) in [6, 6.07) is 11.1. The fourth-order valence-electron chi connectivity index (χ4n) is 2.96. The summed E-state index contributed by atoms with van der Waals surface area (Å²) in [6.45, 7) is 4.25. The molecule has 26 heavy (non-hydrogen) atoms. The molecule has 4 rings (SSSR count). The summed E-state index contributed by atoms with van der Waals surface area (Å²) in [6.07, 6.45) is 3.06. The van der Waals surface area contributed by atoms with Gasteiger partial charge in [0.1, 0.15) is 0 Å². The van der Waals surface area contributed by atoms with Gasteiger partial charge < -0.3 is 18.5 Å². The van der Waals surface area contributed by atoms with E-state index in [4.69, 9.17) is 13.9 Å². The fraction of sp³-hybridized carbons (Fsp3) is 0.158. The van der Waals surface area contributed by atoms with E-state index in [2.05, 4.69) is 15.1 Å². The number of nitrogens with zero attached hydrogens (tertiary/aromatic N) is 2. The molecule has 0 saturated heterocycles. The van der Waals surface area contributed by atoms with Crippen molar-refractivity contribution in [1.29, 1.82) is 0 Å². The molecule has 0 fully saturated rings. The number of carbonyl (C=O) groups is 1. The van der Waals surface area contributed by atoms with Crippen LogP contribution in [0.25, 0.3) is 5.69 Å². The van der Waals surface area contributed by atoms with Gasteiger partial charge in [-0.2, -0.15) is 5.10 Å². The van der Waals surface area contributed by atoms with E-state index < -0.39 is 5.91 Å². The molecule has 0 aliphatic carbocycles. The molecule has 0 saturated carbocycles. The highest BCUT2D eigenvalue weighted by Crippen LogP contribution is 2.34. The maximum Gasteiger partial charge on any atom is 0.307 e. The second-order valence-electron chi connectivity index (χ2n) is 5.88. The van der Waals surface area contributed by atoms with Gasteiger partial charge >= 0.3 is 5.91 Å². The highest BCUT2D eigenvalue weighted by atomic mass is 16.7. The Morgan fingerprint density at radius 3 is 2.85 bits per heavy atom. The third kappa shape index (κ3) is 2.83. The summed E-state index contributed by atoms with van der Waals surface area (Å²) >= 11 is 0. The van der Waals surface area contributed by atoms with Crippen molar-refractivity contribution >= 4 is 12.1 Å². The zero-order valence-electron chi connectivity index (χ0n) is 14.4. The Labute approximate surface area is 149 Å². The molecule has 132 valence electrons. The summed E-state index contributed by atoms with van der Waals surface area (Å²) in [5.74, 6) is 1.30. The molecule has 0 bridgehead atoms. The minimum absolute atomic E-state index is 0.216. The Bertz CT molecular complexity index is 987. The van der Waals surface area contributed by atoms with Gasteiger partial charge in [0.05, 0.1) is 12.5 Å². The number of nitrogens with one attached hydrogen (secondary N) is 1. The number of hydrogen-bond donors (Lipinski definition) is 1. The molecule has 1 amide bonds. The van der Waals surface area contributed by atoms with Crippen molar-refractivity contribution in [2.75, 3.05) is 6.79 Å². The third-order valence-corrected chi connectivity index (χ3v) is 4.20. The van der Waals surface area contributed by atoms with Crippen LogP contribution in [0.3, 0.4) is 0 Å². The van der Waals surface area contributed by atoms with Crippen molar-refractivity contribution in [3.05, 3.63) is 65.4 Å². The third-order valence-electron chi connectivity index (χ3n) is 4.20. The van der Waals surface area contributed by atoms with Gasteiger partial charge in [-0.1, -0.05) is 0 Å². The second-order valence-corrected chi connectivity index (χ2v) is 5.88. The predicted molar refractivity (Wildman–Crippen MR) is 95.1 cm³/mol. The molecule has 1 aromatic carbocycles. The highest BCUT2D eigenvalue weighted by Gasteiger charge is 2.16. The number of furan rings is 1. The summed E-state index contributed by atoms with van der Waals surface area (Å²) in [7, 11) is 0. The van der Waals surface area contributed by atoms with Gasteiger partial charge in [-0.15, -0.1) is 0 Å². The quantitative estimate of drug-likeness (QED) is 0.578. The molecule has 2 aromatic heterocycles. The number of aromatic nitrogens is 1. The minimum Gasteiger partial charge on any atom is -0.459 e. The molecule has 1 aliphatic heterocycles. The van der Waals surface area contributed by atoms with Crippen molar-refractivity contribution in [2.45, 2.75) is 13.8 Å². The van der Waals surface area contributed by atoms with Crippen molar-refractivity contribution in [1.82, 2.24) is 9.99 Å². The first-order valence-electron chi connectivity index (χ1n) is 8.09. The molecule has 1 aliphatic rings. The van der Waals surface area contributed by atoms with E-state index in [-0.39, 0.29) is 12.6 Å². The molecule has 3 heterocycles. The summed E-state index contributed by atoms with van der Waals surface area (Å²) in [5, 5.41) is 4.02. The number of hydrogen-bond acceptors (Lipinski definition) is 5. The van der Waals surface area contributed by atoms with E-state index in [9.17, 15) is 4.79 Å². The standard InChI is InChI=1S/C19H17N3O4/c1-12-8-14(10-20-21-19(23)17-4-3-7-24-17)13(2)22(12)15-5-6-16-18(9-15)26-11-25-16/h3-10H,11H2,1-2H3,(H,21,23)/b20-10-. The number of ether oxygens (including phenoxy) is 2. The summed E-state index contributed by atoms with van der Waals surface area (Å²) < 4.78 is 17.9. The van der Waals surface area contributed by atoms with Gasteiger partial charge in [0, 0.05) is 28.7 Å². The number of benzene rings is 1. The molecule has 3 aromatic rings. The number of carbonyl (C=O) groups excluding carboxylic acids is 1. The monoisotopic (exact) mass is 351 g/mol. The van der Waals surface area contributed by atoms with Gasteiger partial charge in [0.2, 0.25) is 6.79 Å². The van der Waals surface area contributed by atoms with Crippen molar-refractivity contribution < 1.29 is 18.7 Å². The number of aryl methyl sites for hydroxylation is 1. The lowest BCUT2D eigenvalue weighted by Crippen LogP contribution is -2.16. The summed E-state index contributed by atoms with van der Waals surface area (Å²) in [5.41, 5.74) is 6.37. The molecule has 0 spiro atoms. The van der Waals surface area contributed by atoms with Crippen LogP contribution in [0.5, 0.6) is 11.5 Å². The summed E-state index contributed by atoms with van der Waals surface area (Å²) in [4.78, 5) is 11.8. The highest BCUT2D eigenvalue weighted by molar-refractivity contribution is 5.92. The van der Waals surface area contributed by atoms with E-state index in [1.807, 2.05) is 38.1 Å². The van der Waals surface area contributed by atoms with E-state index in [1.165, 1.54) is 6.26 Å². The lowest BCUT2D eigenvalue weighted by Gasteiger charge is -2.10. The van der Waals surface area contributed by atoms with E-state index in [0.717, 1.165) is 34.1 Å². The molecular weight excluding hydrogens is 334 g/mol. The smallest absolute Gasteiger partial charge is 0.307 e. The molecule has 7 nitrogen and oxygen atoms in total. The van der Waals surface area contributed by atoms with Crippen LogP contribution < -0.4 is 14.9 Å². The number of fused-ring (bicyclic) bond motifs is 1. The lowest BCUT2D eigenvalue weighted by molar-refractivity contribution is 0.0927. The zero-order chi connectivity index (χ0) is 18.1. The topological polar surface area (TPSA) is 78.0 Å². The van der Waals surface area contributed by atoms with Crippen molar-refractivity contribution in [3.63, 3.8) is 0 Å². The predicted octanol–water partition coefficient (Wildman–Crippen LogP) is 3.18. The first-order valence-corrected chi connectivity index (χ1v) is 8.09. The first kappa shape index (κ1) is 16.0. The minimum atomic E-state index is -0.393. The van der Waals surface area contributed by atoms with Gasteiger partial charge in [0.15, 0.2) is 17.3 Å². The maximum absolute atomic E-state index is 11.8. The fourth-order valence-corrected chi connectivity index (χ4v) is 2.96. The number of rotatable bonds is 4. The average molecular weight is 351 g/mol. The van der Waals surface area contributed by atoms with E-state index >= 15 is 0 Å². The van der Waals surface area contributed by atoms with Gasteiger partial charge in [0.25, 0.3) is 0 Å². The number of amides is 1. The Morgan fingerprint density at radius 2 is 2.04 bits per heavy atom. The van der Waals surface area contributed by atoms with Crippen LogP contribution >= 0.6 is 0 Å². The lowest BCUT2D eigenvalue weighted by atomic mass is 10.2. The average Bonchev–Trinajstić information content (AvgIpc) is 3.35. The van der Waals surface area contributed by atoms with Crippen LogP contribution in [0.15, 0.2) is 52.2 Å². The SMILES string of the molecule is Cc1cc(/C=N\NC(=O)c2ccco2)c(C)n1-c1ccc2c(c1)OCO2. The molecular formula is C19H17N3O4. The van der Waals surface area contributed by atoms with Gasteiger partial charge in [-0.05, 0) is 44.2 Å². The van der Waals surface area contributed by atoms with Crippen LogP contribution in [0.1, 0.15) is 27.5 Å². The Balaban J connectivity index is 1.57. The van der Waals surface area contributed by atoms with Crippen molar-refractivity contribution in [2.24, 2.45) is 5.10 Å². The second kappa shape index (κ2) is 6.44. The normalized spacial score (nSPS) is 12.7. The maximum atomic E-state index is 11.8. The number of hydrazone groups is 1. The van der Waals surface area contributed by atoms with E-state index in [1.54, 1.807) is 18.3 Å². The molecule has 0 unspecified atom stereocenters. The molecule has 1 N–H and O–H groups in total. The zero-order valence-corrected chi connectivity index (χ0v) is 14.4.